The summed E-state index contributed by atoms with van der Waals surface area (Å²) in [6.07, 6.45) is 3.16. The maximum Gasteiger partial charge on any atom is 0.315 e. The number of methoxy groups -OCH3 is 1. The molecule has 1 fully saturated rings. The van der Waals surface area contributed by atoms with Gasteiger partial charge in [0.15, 0.2) is 0 Å². The van der Waals surface area contributed by atoms with Gasteiger partial charge < -0.3 is 15.4 Å². The van der Waals surface area contributed by atoms with Gasteiger partial charge in [-0.05, 0) is 30.9 Å². The van der Waals surface area contributed by atoms with E-state index in [0.29, 0.717) is 38.9 Å². The standard InChI is InChI=1S/C16H25N3O4S/c1-23-15-6-4-3-5-13(15)7-10-17-16(20)18-14-8-11-19(12-9-14)24(2,21)22/h3-6,14H,7-12H2,1-2H3,(H2,17,18,20). The zero-order chi connectivity index (χ0) is 17.6. The monoisotopic (exact) mass is 355 g/mol. The van der Waals surface area contributed by atoms with Crippen molar-refractivity contribution in [3.8, 4) is 5.75 Å². The number of hydrogen-bond donors (Lipinski definition) is 2. The third-order valence-electron chi connectivity index (χ3n) is 4.13. The van der Waals surface area contributed by atoms with Crippen LogP contribution in [-0.4, -0.2) is 57.8 Å². The molecule has 134 valence electrons. The third-order valence-corrected chi connectivity index (χ3v) is 5.43. The molecule has 1 heterocycles. The Hall–Kier alpha value is -1.80. The number of nitrogens with one attached hydrogen (secondary N) is 2. The van der Waals surface area contributed by atoms with Gasteiger partial charge in [0.1, 0.15) is 5.75 Å². The number of piperidine rings is 1. The molecule has 0 bridgehead atoms. The topological polar surface area (TPSA) is 87.7 Å². The SMILES string of the molecule is COc1ccccc1CCNC(=O)NC1CCN(S(C)(=O)=O)CC1. The van der Waals surface area contributed by atoms with Gasteiger partial charge in [0, 0.05) is 25.7 Å². The second-order valence-electron chi connectivity index (χ2n) is 5.90. The summed E-state index contributed by atoms with van der Waals surface area (Å²) >= 11 is 0. The summed E-state index contributed by atoms with van der Waals surface area (Å²) in [6.45, 7) is 1.41. The van der Waals surface area contributed by atoms with E-state index in [1.807, 2.05) is 24.3 Å². The Labute approximate surface area is 143 Å². The smallest absolute Gasteiger partial charge is 0.315 e. The number of sulfonamides is 1. The second kappa shape index (κ2) is 8.34. The van der Waals surface area contributed by atoms with Gasteiger partial charge in [0.2, 0.25) is 10.0 Å². The summed E-state index contributed by atoms with van der Waals surface area (Å²) in [7, 11) is -1.51. The van der Waals surface area contributed by atoms with Crippen LogP contribution in [0.2, 0.25) is 0 Å². The molecular formula is C16H25N3O4S. The predicted molar refractivity (Wildman–Crippen MR) is 92.7 cm³/mol. The number of ether oxygens (including phenoxy) is 1. The Morgan fingerprint density at radius 2 is 1.96 bits per heavy atom. The predicted octanol–water partition coefficient (Wildman–Crippen LogP) is 0.961. The van der Waals surface area contributed by atoms with E-state index in [0.717, 1.165) is 11.3 Å². The number of amides is 2. The van der Waals surface area contributed by atoms with E-state index < -0.39 is 10.0 Å². The zero-order valence-electron chi connectivity index (χ0n) is 14.1. The fourth-order valence-corrected chi connectivity index (χ4v) is 3.66. The lowest BCUT2D eigenvalue weighted by Gasteiger charge is -2.30. The maximum atomic E-state index is 11.9. The van der Waals surface area contributed by atoms with Gasteiger partial charge >= 0.3 is 6.03 Å². The highest BCUT2D eigenvalue weighted by molar-refractivity contribution is 7.88. The summed E-state index contributed by atoms with van der Waals surface area (Å²) in [4.78, 5) is 11.9. The molecule has 2 rings (SSSR count). The van der Waals surface area contributed by atoms with Gasteiger partial charge in [0.25, 0.3) is 0 Å². The van der Waals surface area contributed by atoms with Crippen LogP contribution in [0.1, 0.15) is 18.4 Å². The Morgan fingerprint density at radius 3 is 2.58 bits per heavy atom. The molecule has 0 aliphatic carbocycles. The molecule has 0 unspecified atom stereocenters. The van der Waals surface area contributed by atoms with Crippen LogP contribution < -0.4 is 15.4 Å². The Morgan fingerprint density at radius 1 is 1.29 bits per heavy atom. The lowest BCUT2D eigenvalue weighted by atomic mass is 10.1. The van der Waals surface area contributed by atoms with Gasteiger partial charge in [-0.15, -0.1) is 0 Å². The lowest BCUT2D eigenvalue weighted by molar-refractivity contribution is 0.228. The minimum absolute atomic E-state index is 0.00858. The van der Waals surface area contributed by atoms with Crippen LogP contribution in [0.5, 0.6) is 5.75 Å². The van der Waals surface area contributed by atoms with E-state index >= 15 is 0 Å². The number of nitrogens with zero attached hydrogens (tertiary/aromatic N) is 1. The maximum absolute atomic E-state index is 11.9. The highest BCUT2D eigenvalue weighted by Gasteiger charge is 2.25. The molecule has 2 amide bonds. The number of urea groups is 1. The number of hydrogen-bond acceptors (Lipinski definition) is 4. The molecule has 1 aromatic carbocycles. The zero-order valence-corrected chi connectivity index (χ0v) is 14.9. The molecule has 2 N–H and O–H groups in total. The van der Waals surface area contributed by atoms with E-state index in [9.17, 15) is 13.2 Å². The van der Waals surface area contributed by atoms with Crippen molar-refractivity contribution in [2.45, 2.75) is 25.3 Å². The van der Waals surface area contributed by atoms with Crippen LogP contribution in [0.25, 0.3) is 0 Å². The largest absolute Gasteiger partial charge is 0.496 e. The first-order chi connectivity index (χ1) is 11.4. The molecule has 0 saturated carbocycles. The van der Waals surface area contributed by atoms with E-state index in [1.165, 1.54) is 10.6 Å². The van der Waals surface area contributed by atoms with E-state index in [2.05, 4.69) is 10.6 Å². The second-order valence-corrected chi connectivity index (χ2v) is 7.88. The summed E-state index contributed by atoms with van der Waals surface area (Å²) in [5.74, 6) is 0.813. The molecular weight excluding hydrogens is 330 g/mol. The molecule has 1 aliphatic heterocycles. The number of para-hydroxylation sites is 1. The van der Waals surface area contributed by atoms with Crippen LogP contribution >= 0.6 is 0 Å². The van der Waals surface area contributed by atoms with Gasteiger partial charge in [-0.2, -0.15) is 0 Å². The van der Waals surface area contributed by atoms with E-state index in [-0.39, 0.29) is 12.1 Å². The van der Waals surface area contributed by atoms with Crippen molar-refractivity contribution in [3.05, 3.63) is 29.8 Å². The van der Waals surface area contributed by atoms with Crippen LogP contribution in [0, 0.1) is 0 Å². The van der Waals surface area contributed by atoms with E-state index in [4.69, 9.17) is 4.74 Å². The first-order valence-electron chi connectivity index (χ1n) is 8.01. The average molecular weight is 355 g/mol. The fourth-order valence-electron chi connectivity index (χ4n) is 2.79. The van der Waals surface area contributed by atoms with Crippen molar-refractivity contribution in [1.29, 1.82) is 0 Å². The normalized spacial score (nSPS) is 16.6. The highest BCUT2D eigenvalue weighted by Crippen LogP contribution is 2.17. The first-order valence-corrected chi connectivity index (χ1v) is 9.86. The fraction of sp³-hybridized carbons (Fsp3) is 0.562. The van der Waals surface area contributed by atoms with Crippen LogP contribution in [0.3, 0.4) is 0 Å². The number of benzene rings is 1. The van der Waals surface area contributed by atoms with Crippen LogP contribution in [0.4, 0.5) is 4.79 Å². The lowest BCUT2D eigenvalue weighted by Crippen LogP contribution is -2.49. The highest BCUT2D eigenvalue weighted by atomic mass is 32.2. The third kappa shape index (κ3) is 5.38. The molecule has 0 aromatic heterocycles. The molecule has 0 spiro atoms. The van der Waals surface area contributed by atoms with Gasteiger partial charge in [-0.25, -0.2) is 17.5 Å². The molecule has 24 heavy (non-hydrogen) atoms. The van der Waals surface area contributed by atoms with Crippen molar-refractivity contribution >= 4 is 16.1 Å². The van der Waals surface area contributed by atoms with Crippen LogP contribution in [0.15, 0.2) is 24.3 Å². The minimum atomic E-state index is -3.14. The molecule has 8 heteroatoms. The quantitative estimate of drug-likeness (QED) is 0.796. The van der Waals surface area contributed by atoms with Gasteiger partial charge in [-0.3, -0.25) is 0 Å². The molecule has 1 aromatic rings. The summed E-state index contributed by atoms with van der Waals surface area (Å²) < 4.78 is 29.6. The Bertz CT molecular complexity index is 655. The molecule has 0 radical (unpaired) electrons. The molecule has 1 saturated heterocycles. The van der Waals surface area contributed by atoms with Crippen molar-refractivity contribution in [3.63, 3.8) is 0 Å². The first kappa shape index (κ1) is 18.5. The summed E-state index contributed by atoms with van der Waals surface area (Å²) in [5.41, 5.74) is 1.04. The van der Waals surface area contributed by atoms with Gasteiger partial charge in [0.05, 0.1) is 13.4 Å². The van der Waals surface area contributed by atoms with Crippen LogP contribution in [-0.2, 0) is 16.4 Å². The Kier molecular flexibility index (Phi) is 6.44. The van der Waals surface area contributed by atoms with Crippen molar-refractivity contribution in [2.75, 3.05) is 33.0 Å². The number of carbonyl (C=O) groups excluding carboxylic acids is 1. The average Bonchev–Trinajstić information content (AvgIpc) is 2.55. The number of rotatable bonds is 6. The summed E-state index contributed by atoms with van der Waals surface area (Å²) in [6, 6.07) is 7.50. The number of carbonyl (C=O) groups is 1. The Balaban J connectivity index is 1.71. The molecule has 7 nitrogen and oxygen atoms in total. The molecule has 1 aliphatic rings. The molecule has 0 atom stereocenters. The van der Waals surface area contributed by atoms with E-state index in [1.54, 1.807) is 7.11 Å². The summed E-state index contributed by atoms with van der Waals surface area (Å²) in [5, 5.41) is 5.74. The van der Waals surface area contributed by atoms with Crippen molar-refractivity contribution in [2.24, 2.45) is 0 Å². The van der Waals surface area contributed by atoms with Crippen molar-refractivity contribution in [1.82, 2.24) is 14.9 Å². The van der Waals surface area contributed by atoms with Crippen molar-refractivity contribution < 1.29 is 17.9 Å². The van der Waals surface area contributed by atoms with Gasteiger partial charge in [-0.1, -0.05) is 18.2 Å². The minimum Gasteiger partial charge on any atom is -0.496 e.